The molecule has 0 aliphatic carbocycles. The highest BCUT2D eigenvalue weighted by Crippen LogP contribution is 2.29. The van der Waals surface area contributed by atoms with Gasteiger partial charge in [0.15, 0.2) is 0 Å². The highest BCUT2D eigenvalue weighted by molar-refractivity contribution is 7.92. The van der Waals surface area contributed by atoms with Gasteiger partial charge in [-0.2, -0.15) is 0 Å². The fourth-order valence-corrected chi connectivity index (χ4v) is 2.94. The Balaban J connectivity index is 2.40. The first-order valence-electron chi connectivity index (χ1n) is 6.21. The molecule has 0 aliphatic heterocycles. The van der Waals surface area contributed by atoms with E-state index in [1.807, 2.05) is 43.3 Å². The van der Waals surface area contributed by atoms with E-state index in [0.29, 0.717) is 5.69 Å². The van der Waals surface area contributed by atoms with Gasteiger partial charge in [-0.25, -0.2) is 8.42 Å². The molecule has 20 heavy (non-hydrogen) atoms. The summed E-state index contributed by atoms with van der Waals surface area (Å²) < 4.78 is 25.5. The zero-order chi connectivity index (χ0) is 14.3. The highest BCUT2D eigenvalue weighted by Gasteiger charge is 2.10. The topological polar surface area (TPSA) is 59.1 Å². The molecule has 1 heterocycles. The Morgan fingerprint density at radius 3 is 2.55 bits per heavy atom. The van der Waals surface area contributed by atoms with Gasteiger partial charge in [-0.15, -0.1) is 0 Å². The Labute approximate surface area is 117 Å². The summed E-state index contributed by atoms with van der Waals surface area (Å²) in [5.74, 6) is 0. The first-order valence-corrected chi connectivity index (χ1v) is 8.10. The standard InChI is InChI=1S/C15H14N2O2S/c1-10-9-14(17-20(2,18)19)13-8-7-11-5-3-4-6-12(11)15(13)16-10/h3-9H,1-2H3,(H,16,17). The maximum atomic E-state index is 11.5. The van der Waals surface area contributed by atoms with Crippen LogP contribution in [0, 0.1) is 6.92 Å². The maximum Gasteiger partial charge on any atom is 0.229 e. The average Bonchev–Trinajstić information content (AvgIpc) is 2.36. The third kappa shape index (κ3) is 2.32. The molecular weight excluding hydrogens is 272 g/mol. The molecule has 3 rings (SSSR count). The predicted octanol–water partition coefficient (Wildman–Crippen LogP) is 3.07. The lowest BCUT2D eigenvalue weighted by molar-refractivity contribution is 0.607. The second kappa shape index (κ2) is 4.45. The molecular formula is C15H14N2O2S. The van der Waals surface area contributed by atoms with Gasteiger partial charge in [-0.3, -0.25) is 9.71 Å². The molecule has 0 radical (unpaired) electrons. The van der Waals surface area contributed by atoms with Gasteiger partial charge in [0.05, 0.1) is 17.5 Å². The number of nitrogens with one attached hydrogen (secondary N) is 1. The molecule has 4 nitrogen and oxygen atoms in total. The average molecular weight is 286 g/mol. The summed E-state index contributed by atoms with van der Waals surface area (Å²) in [5, 5.41) is 2.91. The largest absolute Gasteiger partial charge is 0.283 e. The fraction of sp³-hybridized carbons (Fsp3) is 0.133. The molecule has 0 fully saturated rings. The zero-order valence-corrected chi connectivity index (χ0v) is 12.0. The van der Waals surface area contributed by atoms with E-state index in [9.17, 15) is 8.42 Å². The van der Waals surface area contributed by atoms with Crippen LogP contribution in [0.2, 0.25) is 0 Å². The summed E-state index contributed by atoms with van der Waals surface area (Å²) in [5.41, 5.74) is 2.16. The molecule has 0 aliphatic rings. The molecule has 0 saturated carbocycles. The predicted molar refractivity (Wildman–Crippen MR) is 82.5 cm³/mol. The van der Waals surface area contributed by atoms with E-state index in [2.05, 4.69) is 9.71 Å². The van der Waals surface area contributed by atoms with Crippen molar-refractivity contribution in [1.82, 2.24) is 4.98 Å². The quantitative estimate of drug-likeness (QED) is 0.736. The number of anilines is 1. The van der Waals surface area contributed by atoms with Gasteiger partial charge in [-0.1, -0.05) is 36.4 Å². The number of aryl methyl sites for hydroxylation is 1. The number of fused-ring (bicyclic) bond motifs is 3. The Kier molecular flexibility index (Phi) is 2.87. The lowest BCUT2D eigenvalue weighted by Crippen LogP contribution is -2.10. The van der Waals surface area contributed by atoms with Crippen molar-refractivity contribution < 1.29 is 8.42 Å². The molecule has 0 unspecified atom stereocenters. The Hall–Kier alpha value is -2.14. The van der Waals surface area contributed by atoms with Crippen LogP contribution in [0.4, 0.5) is 5.69 Å². The van der Waals surface area contributed by atoms with Crippen LogP contribution in [-0.4, -0.2) is 19.7 Å². The van der Waals surface area contributed by atoms with E-state index < -0.39 is 10.0 Å². The second-order valence-corrected chi connectivity index (χ2v) is 6.62. The van der Waals surface area contributed by atoms with Crippen molar-refractivity contribution in [2.24, 2.45) is 0 Å². The van der Waals surface area contributed by atoms with Crippen LogP contribution in [0.3, 0.4) is 0 Å². The van der Waals surface area contributed by atoms with E-state index >= 15 is 0 Å². The number of hydrogen-bond donors (Lipinski definition) is 1. The molecule has 1 N–H and O–H groups in total. The Bertz CT molecular complexity index is 918. The molecule has 0 saturated heterocycles. The molecule has 1 aromatic heterocycles. The summed E-state index contributed by atoms with van der Waals surface area (Å²) in [6.45, 7) is 1.86. The molecule has 5 heteroatoms. The molecule has 0 amide bonds. The lowest BCUT2D eigenvalue weighted by atomic mass is 10.0. The van der Waals surface area contributed by atoms with Crippen molar-refractivity contribution >= 4 is 37.4 Å². The number of rotatable bonds is 2. The minimum absolute atomic E-state index is 0.570. The number of hydrogen-bond acceptors (Lipinski definition) is 3. The minimum atomic E-state index is -3.32. The zero-order valence-electron chi connectivity index (χ0n) is 11.2. The highest BCUT2D eigenvalue weighted by atomic mass is 32.2. The van der Waals surface area contributed by atoms with Crippen LogP contribution >= 0.6 is 0 Å². The van der Waals surface area contributed by atoms with E-state index in [1.54, 1.807) is 6.07 Å². The van der Waals surface area contributed by atoms with Gasteiger partial charge in [-0.05, 0) is 18.4 Å². The SMILES string of the molecule is Cc1cc(NS(C)(=O)=O)c2ccc3ccccc3c2n1. The van der Waals surface area contributed by atoms with Crippen molar-refractivity contribution in [3.8, 4) is 0 Å². The second-order valence-electron chi connectivity index (χ2n) is 4.87. The van der Waals surface area contributed by atoms with Crippen molar-refractivity contribution in [1.29, 1.82) is 0 Å². The number of benzene rings is 2. The molecule has 2 aromatic carbocycles. The van der Waals surface area contributed by atoms with Crippen molar-refractivity contribution in [3.63, 3.8) is 0 Å². The molecule has 0 atom stereocenters. The summed E-state index contributed by atoms with van der Waals surface area (Å²) >= 11 is 0. The number of pyridine rings is 1. The van der Waals surface area contributed by atoms with E-state index in [1.165, 1.54) is 0 Å². The van der Waals surface area contributed by atoms with E-state index in [0.717, 1.165) is 33.6 Å². The first kappa shape index (κ1) is 12.9. The van der Waals surface area contributed by atoms with Gasteiger partial charge in [0, 0.05) is 16.5 Å². The van der Waals surface area contributed by atoms with Crippen LogP contribution in [-0.2, 0) is 10.0 Å². The third-order valence-electron chi connectivity index (χ3n) is 3.13. The summed E-state index contributed by atoms with van der Waals surface area (Å²) in [7, 11) is -3.32. The number of aromatic nitrogens is 1. The lowest BCUT2D eigenvalue weighted by Gasteiger charge is -2.11. The van der Waals surface area contributed by atoms with E-state index in [4.69, 9.17) is 0 Å². The van der Waals surface area contributed by atoms with E-state index in [-0.39, 0.29) is 0 Å². The normalized spacial score (nSPS) is 11.9. The van der Waals surface area contributed by atoms with Crippen LogP contribution in [0.5, 0.6) is 0 Å². The monoisotopic (exact) mass is 286 g/mol. The molecule has 3 aromatic rings. The first-order chi connectivity index (χ1) is 9.44. The van der Waals surface area contributed by atoms with Crippen LogP contribution in [0.1, 0.15) is 5.69 Å². The Morgan fingerprint density at radius 2 is 1.80 bits per heavy atom. The smallest absolute Gasteiger partial charge is 0.229 e. The van der Waals surface area contributed by atoms with Gasteiger partial charge < -0.3 is 0 Å². The summed E-state index contributed by atoms with van der Waals surface area (Å²) in [6, 6.07) is 13.6. The number of nitrogens with zero attached hydrogens (tertiary/aromatic N) is 1. The minimum Gasteiger partial charge on any atom is -0.283 e. The van der Waals surface area contributed by atoms with Crippen molar-refractivity contribution in [2.75, 3.05) is 11.0 Å². The molecule has 0 spiro atoms. The van der Waals surface area contributed by atoms with Gasteiger partial charge >= 0.3 is 0 Å². The van der Waals surface area contributed by atoms with Crippen LogP contribution in [0.25, 0.3) is 21.7 Å². The molecule has 0 bridgehead atoms. The molecule has 102 valence electrons. The van der Waals surface area contributed by atoms with Crippen LogP contribution < -0.4 is 4.72 Å². The number of sulfonamides is 1. The maximum absolute atomic E-state index is 11.5. The van der Waals surface area contributed by atoms with Gasteiger partial charge in [0.2, 0.25) is 10.0 Å². The van der Waals surface area contributed by atoms with Crippen LogP contribution in [0.15, 0.2) is 42.5 Å². The summed E-state index contributed by atoms with van der Waals surface area (Å²) in [6.07, 6.45) is 1.15. The van der Waals surface area contributed by atoms with Gasteiger partial charge in [0.25, 0.3) is 0 Å². The summed E-state index contributed by atoms with van der Waals surface area (Å²) in [4.78, 5) is 4.56. The Morgan fingerprint density at radius 1 is 1.05 bits per heavy atom. The van der Waals surface area contributed by atoms with Gasteiger partial charge in [0.1, 0.15) is 0 Å². The fourth-order valence-electron chi connectivity index (χ4n) is 2.37. The third-order valence-corrected chi connectivity index (χ3v) is 3.72. The van der Waals surface area contributed by atoms with Crippen molar-refractivity contribution in [3.05, 3.63) is 48.2 Å². The van der Waals surface area contributed by atoms with Crippen molar-refractivity contribution in [2.45, 2.75) is 6.92 Å².